The summed E-state index contributed by atoms with van der Waals surface area (Å²) < 4.78 is 13.4. The summed E-state index contributed by atoms with van der Waals surface area (Å²) >= 11 is 0. The first-order valence-electron chi connectivity index (χ1n) is 6.65. The Bertz CT molecular complexity index is 426. The van der Waals surface area contributed by atoms with E-state index < -0.39 is 0 Å². The first-order valence-corrected chi connectivity index (χ1v) is 6.65. The smallest absolute Gasteiger partial charge is 0.169 e. The maximum Gasteiger partial charge on any atom is 0.169 e. The Morgan fingerprint density at radius 1 is 1.50 bits per heavy atom. The zero-order valence-electron chi connectivity index (χ0n) is 10.8. The number of anilines is 1. The molecular weight excluding hydrogens is 232 g/mol. The van der Waals surface area contributed by atoms with Gasteiger partial charge in [0.25, 0.3) is 0 Å². The van der Waals surface area contributed by atoms with Crippen LogP contribution >= 0.6 is 0 Å². The maximum atomic E-state index is 5.94. The van der Waals surface area contributed by atoms with Gasteiger partial charge < -0.3 is 15.2 Å². The van der Waals surface area contributed by atoms with Gasteiger partial charge in [-0.05, 0) is 12.8 Å². The molecule has 100 valence electrons. The van der Waals surface area contributed by atoms with Gasteiger partial charge in [0.2, 0.25) is 0 Å². The SMILES string of the molecule is CCc1c(N)nnn1C1CCOC2(CCOC2)C1. The fourth-order valence-corrected chi connectivity index (χ4v) is 3.04. The van der Waals surface area contributed by atoms with Gasteiger partial charge in [-0.3, -0.25) is 0 Å². The predicted octanol–water partition coefficient (Wildman–Crippen LogP) is 0.933. The molecule has 2 N–H and O–H groups in total. The molecule has 18 heavy (non-hydrogen) atoms. The molecule has 1 spiro atoms. The molecule has 2 saturated heterocycles. The van der Waals surface area contributed by atoms with Crippen LogP contribution in [0.2, 0.25) is 0 Å². The number of ether oxygens (including phenoxy) is 2. The topological polar surface area (TPSA) is 75.2 Å². The highest BCUT2D eigenvalue weighted by Crippen LogP contribution is 2.38. The zero-order chi connectivity index (χ0) is 12.6. The minimum atomic E-state index is -0.103. The molecule has 6 heteroatoms. The Morgan fingerprint density at radius 3 is 3.11 bits per heavy atom. The van der Waals surface area contributed by atoms with E-state index in [1.165, 1.54) is 0 Å². The van der Waals surface area contributed by atoms with Gasteiger partial charge in [0.15, 0.2) is 5.82 Å². The second kappa shape index (κ2) is 4.51. The fraction of sp³-hybridized carbons (Fsp3) is 0.833. The summed E-state index contributed by atoms with van der Waals surface area (Å²) in [4.78, 5) is 0. The Hall–Kier alpha value is -1.14. The Balaban J connectivity index is 1.83. The summed E-state index contributed by atoms with van der Waals surface area (Å²) in [5, 5.41) is 8.21. The van der Waals surface area contributed by atoms with Crippen LogP contribution in [0.15, 0.2) is 0 Å². The van der Waals surface area contributed by atoms with Gasteiger partial charge in [0.05, 0.1) is 23.9 Å². The molecule has 6 nitrogen and oxygen atoms in total. The normalized spacial score (nSPS) is 32.2. The molecule has 0 aliphatic carbocycles. The Labute approximate surface area is 106 Å². The van der Waals surface area contributed by atoms with Gasteiger partial charge in [-0.2, -0.15) is 0 Å². The third-order valence-corrected chi connectivity index (χ3v) is 4.04. The molecule has 2 unspecified atom stereocenters. The summed E-state index contributed by atoms with van der Waals surface area (Å²) in [6, 6.07) is 0.334. The van der Waals surface area contributed by atoms with Crippen molar-refractivity contribution >= 4 is 5.82 Å². The van der Waals surface area contributed by atoms with E-state index in [-0.39, 0.29) is 5.60 Å². The van der Waals surface area contributed by atoms with Crippen LogP contribution < -0.4 is 5.73 Å². The van der Waals surface area contributed by atoms with Crippen molar-refractivity contribution in [3.05, 3.63) is 5.69 Å². The van der Waals surface area contributed by atoms with Crippen LogP contribution in [-0.4, -0.2) is 40.4 Å². The molecule has 2 aliphatic heterocycles. The van der Waals surface area contributed by atoms with Crippen LogP contribution in [-0.2, 0) is 15.9 Å². The van der Waals surface area contributed by atoms with Crippen molar-refractivity contribution in [1.82, 2.24) is 15.0 Å². The highest BCUT2D eigenvalue weighted by atomic mass is 16.6. The van der Waals surface area contributed by atoms with E-state index >= 15 is 0 Å². The third kappa shape index (κ3) is 1.89. The quantitative estimate of drug-likeness (QED) is 0.847. The standard InChI is InChI=1S/C12H20N4O2/c1-2-10-11(13)14-15-16(10)9-3-5-18-12(7-9)4-6-17-8-12/h9H,2-8,13H2,1H3. The number of nitrogens with two attached hydrogens (primary N) is 1. The van der Waals surface area contributed by atoms with Crippen LogP contribution in [0.3, 0.4) is 0 Å². The van der Waals surface area contributed by atoms with Crippen LogP contribution in [0.4, 0.5) is 5.82 Å². The van der Waals surface area contributed by atoms with Gasteiger partial charge in [-0.15, -0.1) is 5.10 Å². The second-order valence-corrected chi connectivity index (χ2v) is 5.20. The van der Waals surface area contributed by atoms with Crippen LogP contribution in [0.5, 0.6) is 0 Å². The predicted molar refractivity (Wildman–Crippen MR) is 66.2 cm³/mol. The highest BCUT2D eigenvalue weighted by molar-refractivity contribution is 5.33. The summed E-state index contributed by atoms with van der Waals surface area (Å²) in [6.45, 7) is 4.35. The maximum absolute atomic E-state index is 5.94. The number of hydrogen-bond donors (Lipinski definition) is 1. The summed E-state index contributed by atoms with van der Waals surface area (Å²) in [5.74, 6) is 0.556. The van der Waals surface area contributed by atoms with Crippen molar-refractivity contribution in [2.24, 2.45) is 0 Å². The van der Waals surface area contributed by atoms with Crippen molar-refractivity contribution < 1.29 is 9.47 Å². The molecule has 3 rings (SSSR count). The molecule has 1 aromatic rings. The first-order chi connectivity index (χ1) is 8.74. The lowest BCUT2D eigenvalue weighted by Crippen LogP contribution is -2.41. The van der Waals surface area contributed by atoms with Crippen molar-refractivity contribution in [2.75, 3.05) is 25.6 Å². The Morgan fingerprint density at radius 2 is 2.39 bits per heavy atom. The third-order valence-electron chi connectivity index (χ3n) is 4.04. The molecule has 0 saturated carbocycles. The average molecular weight is 252 g/mol. The zero-order valence-corrected chi connectivity index (χ0v) is 10.8. The van der Waals surface area contributed by atoms with Gasteiger partial charge >= 0.3 is 0 Å². The van der Waals surface area contributed by atoms with E-state index in [4.69, 9.17) is 15.2 Å². The average Bonchev–Trinajstić information content (AvgIpc) is 2.96. The number of rotatable bonds is 2. The van der Waals surface area contributed by atoms with Crippen molar-refractivity contribution in [2.45, 2.75) is 44.2 Å². The van der Waals surface area contributed by atoms with E-state index in [1.807, 2.05) is 4.68 Å². The fourth-order valence-electron chi connectivity index (χ4n) is 3.04. The van der Waals surface area contributed by atoms with Crippen molar-refractivity contribution in [3.8, 4) is 0 Å². The van der Waals surface area contributed by atoms with E-state index in [2.05, 4.69) is 17.2 Å². The van der Waals surface area contributed by atoms with Crippen LogP contribution in [0.1, 0.15) is 37.9 Å². The van der Waals surface area contributed by atoms with Gasteiger partial charge in [0.1, 0.15) is 0 Å². The van der Waals surface area contributed by atoms with E-state index in [9.17, 15) is 0 Å². The summed E-state index contributed by atoms with van der Waals surface area (Å²) in [6.07, 6.45) is 3.76. The van der Waals surface area contributed by atoms with E-state index in [0.717, 1.165) is 44.6 Å². The lowest BCUT2D eigenvalue weighted by Gasteiger charge is -2.37. The molecule has 0 aromatic carbocycles. The minimum absolute atomic E-state index is 0.103. The Kier molecular flexibility index (Phi) is 2.99. The second-order valence-electron chi connectivity index (χ2n) is 5.20. The number of aromatic nitrogens is 3. The monoisotopic (exact) mass is 252 g/mol. The molecule has 2 atom stereocenters. The summed E-state index contributed by atoms with van der Waals surface area (Å²) in [5.41, 5.74) is 6.79. The molecule has 2 fully saturated rings. The van der Waals surface area contributed by atoms with Crippen molar-refractivity contribution in [1.29, 1.82) is 0 Å². The number of nitrogens with zero attached hydrogens (tertiary/aromatic N) is 3. The van der Waals surface area contributed by atoms with E-state index in [0.29, 0.717) is 18.5 Å². The number of nitrogen functional groups attached to an aromatic ring is 1. The van der Waals surface area contributed by atoms with E-state index in [1.54, 1.807) is 0 Å². The van der Waals surface area contributed by atoms with Gasteiger partial charge in [-0.1, -0.05) is 12.1 Å². The van der Waals surface area contributed by atoms with Gasteiger partial charge in [0, 0.05) is 26.1 Å². The molecule has 3 heterocycles. The molecule has 1 aromatic heterocycles. The molecule has 0 radical (unpaired) electrons. The number of hydrogen-bond acceptors (Lipinski definition) is 5. The largest absolute Gasteiger partial charge is 0.381 e. The molecule has 0 bridgehead atoms. The van der Waals surface area contributed by atoms with Gasteiger partial charge in [-0.25, -0.2) is 4.68 Å². The molecule has 0 amide bonds. The molecule has 2 aliphatic rings. The van der Waals surface area contributed by atoms with Crippen molar-refractivity contribution in [3.63, 3.8) is 0 Å². The van der Waals surface area contributed by atoms with Crippen LogP contribution in [0, 0.1) is 0 Å². The lowest BCUT2D eigenvalue weighted by molar-refractivity contribution is -0.0967. The first kappa shape index (κ1) is 11.9. The lowest BCUT2D eigenvalue weighted by atomic mass is 9.89. The summed E-state index contributed by atoms with van der Waals surface area (Å²) in [7, 11) is 0. The minimum Gasteiger partial charge on any atom is -0.381 e. The van der Waals surface area contributed by atoms with Crippen LogP contribution in [0.25, 0.3) is 0 Å². The molecular formula is C12H20N4O2. The highest BCUT2D eigenvalue weighted by Gasteiger charge is 2.42.